The van der Waals surface area contributed by atoms with E-state index in [9.17, 15) is 9.90 Å². The van der Waals surface area contributed by atoms with Gasteiger partial charge in [-0.15, -0.1) is 0 Å². The molecule has 2 heterocycles. The van der Waals surface area contributed by atoms with E-state index in [1.54, 1.807) is 0 Å². The van der Waals surface area contributed by atoms with E-state index in [0.29, 0.717) is 43.9 Å². The third-order valence-electron chi connectivity index (χ3n) is 6.40. The topological polar surface area (TPSA) is 64.6 Å². The van der Waals surface area contributed by atoms with Gasteiger partial charge >= 0.3 is 0 Å². The van der Waals surface area contributed by atoms with Crippen LogP contribution in [0.2, 0.25) is 0 Å². The lowest BCUT2D eigenvalue weighted by Crippen LogP contribution is -2.52. The van der Waals surface area contributed by atoms with Crippen LogP contribution >= 0.6 is 0 Å². The number of amides is 1. The molecule has 5 nitrogen and oxygen atoms in total. The monoisotopic (exact) mass is 359 g/mol. The van der Waals surface area contributed by atoms with Gasteiger partial charge in [-0.1, -0.05) is 30.3 Å². The maximum Gasteiger partial charge on any atom is 0.222 e. The molecule has 2 aliphatic rings. The molecule has 1 aromatic rings. The Labute approximate surface area is 157 Å². The highest BCUT2D eigenvalue weighted by atomic mass is 16.3. The number of hydrogen-bond acceptors (Lipinski definition) is 4. The van der Waals surface area contributed by atoms with Crippen molar-refractivity contribution in [2.75, 3.05) is 13.1 Å². The van der Waals surface area contributed by atoms with Gasteiger partial charge in [-0.3, -0.25) is 15.6 Å². The zero-order valence-electron chi connectivity index (χ0n) is 16.2. The second-order valence-corrected chi connectivity index (χ2v) is 8.40. The lowest BCUT2D eigenvalue weighted by atomic mass is 9.78. The van der Waals surface area contributed by atoms with Gasteiger partial charge < -0.3 is 10.0 Å². The van der Waals surface area contributed by atoms with Crippen molar-refractivity contribution in [2.24, 2.45) is 11.8 Å². The average Bonchev–Trinajstić information content (AvgIpc) is 2.93. The van der Waals surface area contributed by atoms with Crippen molar-refractivity contribution in [2.45, 2.75) is 64.1 Å². The van der Waals surface area contributed by atoms with Crippen LogP contribution in [0.15, 0.2) is 30.3 Å². The summed E-state index contributed by atoms with van der Waals surface area (Å²) in [7, 11) is 0. The van der Waals surface area contributed by atoms with E-state index in [2.05, 4.69) is 36.8 Å². The van der Waals surface area contributed by atoms with Gasteiger partial charge in [-0.2, -0.15) is 0 Å². The third kappa shape index (κ3) is 4.45. The number of likely N-dealkylation sites (tertiary alicyclic amines) is 1. The molecule has 2 aliphatic heterocycles. The summed E-state index contributed by atoms with van der Waals surface area (Å²) < 4.78 is 0. The first-order valence-electron chi connectivity index (χ1n) is 9.92. The molecule has 5 heteroatoms. The Balaban J connectivity index is 1.57. The number of piperidine rings is 1. The third-order valence-corrected chi connectivity index (χ3v) is 6.40. The molecule has 1 aromatic carbocycles. The standard InChI is InChI=1S/C21H33N3O2/c1-15-19(16(2)23-22-15)9-10-20(25)24-12-11-21(3,26)18(14-24)13-17-7-5-4-6-8-17/h4-8,15-16,18-19,22-23,26H,9-14H2,1-3H3/t15?,16?,18-,19?,21+/m1/s1. The molecule has 2 saturated heterocycles. The number of rotatable bonds is 5. The molecule has 144 valence electrons. The lowest BCUT2D eigenvalue weighted by Gasteiger charge is -2.43. The predicted octanol–water partition coefficient (Wildman–Crippen LogP) is 2.11. The van der Waals surface area contributed by atoms with Gasteiger partial charge in [-0.25, -0.2) is 0 Å². The smallest absolute Gasteiger partial charge is 0.222 e. The minimum atomic E-state index is -0.713. The Morgan fingerprint density at radius 3 is 2.54 bits per heavy atom. The van der Waals surface area contributed by atoms with E-state index in [1.165, 1.54) is 5.56 Å². The molecule has 0 aliphatic carbocycles. The van der Waals surface area contributed by atoms with Crippen molar-refractivity contribution >= 4 is 5.91 Å². The molecule has 0 spiro atoms. The quantitative estimate of drug-likeness (QED) is 0.753. The maximum absolute atomic E-state index is 12.8. The van der Waals surface area contributed by atoms with Gasteiger partial charge in [0.2, 0.25) is 5.91 Å². The van der Waals surface area contributed by atoms with Gasteiger partial charge in [0.15, 0.2) is 0 Å². The normalized spacial score (nSPS) is 34.8. The number of hydrogen-bond donors (Lipinski definition) is 3. The van der Waals surface area contributed by atoms with Crippen LogP contribution < -0.4 is 10.9 Å². The summed E-state index contributed by atoms with van der Waals surface area (Å²) in [6.45, 7) is 7.55. The fourth-order valence-corrected chi connectivity index (χ4v) is 4.39. The molecule has 3 rings (SSSR count). The highest BCUT2D eigenvalue weighted by molar-refractivity contribution is 5.76. The van der Waals surface area contributed by atoms with Crippen LogP contribution in [0.3, 0.4) is 0 Å². The summed E-state index contributed by atoms with van der Waals surface area (Å²) in [5.74, 6) is 0.784. The van der Waals surface area contributed by atoms with E-state index >= 15 is 0 Å². The Morgan fingerprint density at radius 1 is 1.23 bits per heavy atom. The van der Waals surface area contributed by atoms with Gasteiger partial charge in [0.1, 0.15) is 0 Å². The van der Waals surface area contributed by atoms with Crippen LogP contribution in [-0.4, -0.2) is 46.7 Å². The van der Waals surface area contributed by atoms with Crippen LogP contribution in [0.5, 0.6) is 0 Å². The number of benzene rings is 1. The Morgan fingerprint density at radius 2 is 1.88 bits per heavy atom. The second kappa shape index (κ2) is 8.07. The van der Waals surface area contributed by atoms with Crippen molar-refractivity contribution in [1.82, 2.24) is 15.8 Å². The second-order valence-electron chi connectivity index (χ2n) is 8.40. The number of nitrogens with one attached hydrogen (secondary N) is 2. The van der Waals surface area contributed by atoms with Crippen LogP contribution in [0.1, 0.15) is 45.6 Å². The Bertz CT molecular complexity index is 595. The summed E-state index contributed by atoms with van der Waals surface area (Å²) in [5.41, 5.74) is 7.03. The molecular weight excluding hydrogens is 326 g/mol. The van der Waals surface area contributed by atoms with Crippen LogP contribution in [0.4, 0.5) is 0 Å². The number of nitrogens with zero attached hydrogens (tertiary/aromatic N) is 1. The van der Waals surface area contributed by atoms with Crippen molar-refractivity contribution in [3.8, 4) is 0 Å². The number of carbonyl (C=O) groups is 1. The number of hydrazine groups is 1. The molecule has 0 radical (unpaired) electrons. The summed E-state index contributed by atoms with van der Waals surface area (Å²) in [5, 5.41) is 10.8. The highest BCUT2D eigenvalue weighted by Crippen LogP contribution is 2.31. The molecule has 4 atom stereocenters. The molecular formula is C21H33N3O2. The predicted molar refractivity (Wildman–Crippen MR) is 103 cm³/mol. The Kier molecular flexibility index (Phi) is 6.00. The minimum absolute atomic E-state index is 0.0789. The SMILES string of the molecule is CC1NNC(C)C1CCC(=O)N1CC[C@](C)(O)[C@H](Cc2ccccc2)C1. The van der Waals surface area contributed by atoms with E-state index < -0.39 is 5.60 Å². The molecule has 2 unspecified atom stereocenters. The van der Waals surface area contributed by atoms with Crippen LogP contribution in [-0.2, 0) is 11.2 Å². The van der Waals surface area contributed by atoms with E-state index in [1.807, 2.05) is 30.0 Å². The first kappa shape index (κ1) is 19.3. The highest BCUT2D eigenvalue weighted by Gasteiger charge is 2.39. The first-order valence-corrected chi connectivity index (χ1v) is 9.92. The molecule has 0 aromatic heterocycles. The summed E-state index contributed by atoms with van der Waals surface area (Å²) in [6, 6.07) is 11.0. The minimum Gasteiger partial charge on any atom is -0.390 e. The zero-order valence-corrected chi connectivity index (χ0v) is 16.2. The fraction of sp³-hybridized carbons (Fsp3) is 0.667. The molecule has 2 fully saturated rings. The van der Waals surface area contributed by atoms with Crippen molar-refractivity contribution in [3.63, 3.8) is 0 Å². The van der Waals surface area contributed by atoms with E-state index in [4.69, 9.17) is 0 Å². The molecule has 1 amide bonds. The van der Waals surface area contributed by atoms with Crippen LogP contribution in [0.25, 0.3) is 0 Å². The molecule has 3 N–H and O–H groups in total. The van der Waals surface area contributed by atoms with Gasteiger partial charge in [0.05, 0.1) is 5.60 Å². The van der Waals surface area contributed by atoms with Crippen molar-refractivity contribution < 1.29 is 9.90 Å². The number of aliphatic hydroxyl groups is 1. The molecule has 0 saturated carbocycles. The van der Waals surface area contributed by atoms with E-state index in [-0.39, 0.29) is 11.8 Å². The summed E-state index contributed by atoms with van der Waals surface area (Å²) in [6.07, 6.45) is 2.94. The van der Waals surface area contributed by atoms with Gasteiger partial charge in [0, 0.05) is 37.5 Å². The first-order chi connectivity index (χ1) is 12.4. The number of carbonyl (C=O) groups excluding carboxylic acids is 1. The summed E-state index contributed by atoms with van der Waals surface area (Å²) >= 11 is 0. The fourth-order valence-electron chi connectivity index (χ4n) is 4.39. The average molecular weight is 360 g/mol. The van der Waals surface area contributed by atoms with Gasteiger partial charge in [0.25, 0.3) is 0 Å². The molecule has 26 heavy (non-hydrogen) atoms. The van der Waals surface area contributed by atoms with Gasteiger partial charge in [-0.05, 0) is 51.5 Å². The van der Waals surface area contributed by atoms with Crippen LogP contribution in [0, 0.1) is 11.8 Å². The maximum atomic E-state index is 12.8. The van der Waals surface area contributed by atoms with Crippen molar-refractivity contribution in [3.05, 3.63) is 35.9 Å². The van der Waals surface area contributed by atoms with Crippen molar-refractivity contribution in [1.29, 1.82) is 0 Å². The Hall–Kier alpha value is -1.43. The largest absolute Gasteiger partial charge is 0.390 e. The summed E-state index contributed by atoms with van der Waals surface area (Å²) in [4.78, 5) is 14.7. The van der Waals surface area contributed by atoms with E-state index in [0.717, 1.165) is 12.8 Å². The lowest BCUT2D eigenvalue weighted by molar-refractivity contribution is -0.139. The zero-order chi connectivity index (χ0) is 18.7. The molecule has 0 bridgehead atoms.